The molecule has 1 N–H and O–H groups in total. The lowest BCUT2D eigenvalue weighted by atomic mass is 10.3. The minimum Gasteiger partial charge on any atom is -0.361 e. The number of carbonyl (C=O) groups excluding carboxylic acids is 1. The van der Waals surface area contributed by atoms with Crippen LogP contribution < -0.4 is 5.32 Å². The van der Waals surface area contributed by atoms with E-state index in [2.05, 4.69) is 45.9 Å². The molecule has 136 valence electrons. The van der Waals surface area contributed by atoms with Crippen LogP contribution in [0.1, 0.15) is 6.42 Å². The third kappa shape index (κ3) is 4.68. The van der Waals surface area contributed by atoms with E-state index in [0.29, 0.717) is 19.0 Å². The minimum atomic E-state index is -1.12. The Morgan fingerprint density at radius 3 is 2.84 bits per heavy atom. The molecule has 2 aromatic heterocycles. The Morgan fingerprint density at radius 2 is 2.20 bits per heavy atom. The van der Waals surface area contributed by atoms with Gasteiger partial charge in [0.15, 0.2) is 0 Å². The van der Waals surface area contributed by atoms with Crippen molar-refractivity contribution in [2.75, 3.05) is 11.9 Å². The van der Waals surface area contributed by atoms with Crippen molar-refractivity contribution in [3.8, 4) is 0 Å². The highest BCUT2D eigenvalue weighted by Crippen LogP contribution is 2.35. The van der Waals surface area contributed by atoms with E-state index in [1.165, 1.54) is 0 Å². The summed E-state index contributed by atoms with van der Waals surface area (Å²) in [4.78, 5) is 16.4. The molecule has 2 heterocycles. The molecule has 0 spiro atoms. The van der Waals surface area contributed by atoms with Crippen LogP contribution in [0.3, 0.4) is 0 Å². The molecule has 3 rings (SSSR count). The molecule has 0 bridgehead atoms. The molecule has 5 nitrogen and oxygen atoms in total. The second-order valence-electron chi connectivity index (χ2n) is 7.71. The molecule has 25 heavy (non-hydrogen) atoms. The fraction of sp³-hybridized carbons (Fsp3) is 0.529. The van der Waals surface area contributed by atoms with E-state index < -0.39 is 20.2 Å². The molecule has 8 heteroatoms. The van der Waals surface area contributed by atoms with Crippen molar-refractivity contribution in [1.82, 2.24) is 9.55 Å². The van der Waals surface area contributed by atoms with Crippen molar-refractivity contribution in [2.45, 2.75) is 45.0 Å². The Hall–Kier alpha value is -1.25. The van der Waals surface area contributed by atoms with Gasteiger partial charge in [0.1, 0.15) is 24.4 Å². The van der Waals surface area contributed by atoms with Crippen molar-refractivity contribution in [3.05, 3.63) is 22.8 Å². The van der Waals surface area contributed by atoms with E-state index in [-0.39, 0.29) is 5.91 Å². The number of rotatable bonds is 7. The maximum Gasteiger partial charge on any atom is 0.231 e. The van der Waals surface area contributed by atoms with Crippen LogP contribution in [0, 0.1) is 5.92 Å². The third-order valence-corrected chi connectivity index (χ3v) is 6.54. The zero-order chi connectivity index (χ0) is 18.2. The van der Waals surface area contributed by atoms with Gasteiger partial charge in [-0.15, -0.1) is 0 Å². The zero-order valence-electron chi connectivity index (χ0n) is 14.7. The van der Waals surface area contributed by atoms with Gasteiger partial charge in [0, 0.05) is 30.7 Å². The third-order valence-electron chi connectivity index (χ3n) is 4.20. The zero-order valence-corrected chi connectivity index (χ0v) is 17.3. The second kappa shape index (κ2) is 7.17. The Balaban J connectivity index is 1.70. The number of fused-ring (bicyclic) bond motifs is 1. The number of carbonyl (C=O) groups is 1. The van der Waals surface area contributed by atoms with Crippen LogP contribution >= 0.6 is 15.9 Å². The maximum atomic E-state index is 13.0. The maximum absolute atomic E-state index is 13.0. The van der Waals surface area contributed by atoms with E-state index >= 15 is 0 Å². The van der Waals surface area contributed by atoms with Crippen molar-refractivity contribution in [2.24, 2.45) is 5.92 Å². The van der Waals surface area contributed by atoms with Gasteiger partial charge in [0.25, 0.3) is 0 Å². The first-order valence-electron chi connectivity index (χ1n) is 8.43. The monoisotopic (exact) mass is 427 g/mol. The molecule has 1 saturated carbocycles. The molecule has 2 unspecified atom stereocenters. The van der Waals surface area contributed by atoms with Crippen LogP contribution in [0.5, 0.6) is 0 Å². The molecule has 0 saturated heterocycles. The summed E-state index contributed by atoms with van der Waals surface area (Å²) in [6.45, 7) is 8.08. The number of aromatic nitrogens is 2. The SMILES string of the molecule is C[Si](C)(C)CCOCn1cc(Br)c2ccc(NC(=O)C3CC3F)nc21. The molecule has 1 fully saturated rings. The quantitative estimate of drug-likeness (QED) is 0.525. The highest BCUT2D eigenvalue weighted by atomic mass is 79.9. The summed E-state index contributed by atoms with van der Waals surface area (Å²) in [5, 5.41) is 3.64. The van der Waals surface area contributed by atoms with E-state index in [1.807, 2.05) is 16.8 Å². The van der Waals surface area contributed by atoms with Gasteiger partial charge in [-0.3, -0.25) is 4.79 Å². The normalized spacial score (nSPS) is 20.0. The number of pyridine rings is 1. The van der Waals surface area contributed by atoms with E-state index in [0.717, 1.165) is 28.2 Å². The first kappa shape index (κ1) is 18.5. The molecular weight excluding hydrogens is 405 g/mol. The van der Waals surface area contributed by atoms with E-state index in [9.17, 15) is 9.18 Å². The predicted octanol–water partition coefficient (Wildman–Crippen LogP) is 4.41. The average molecular weight is 428 g/mol. The summed E-state index contributed by atoms with van der Waals surface area (Å²) < 4.78 is 21.6. The number of alkyl halides is 1. The summed E-state index contributed by atoms with van der Waals surface area (Å²) in [7, 11) is -1.12. The summed E-state index contributed by atoms with van der Waals surface area (Å²) >= 11 is 3.53. The van der Waals surface area contributed by atoms with Crippen molar-refractivity contribution in [3.63, 3.8) is 0 Å². The number of anilines is 1. The summed E-state index contributed by atoms with van der Waals surface area (Å²) in [5.74, 6) is -0.394. The van der Waals surface area contributed by atoms with Crippen molar-refractivity contribution in [1.29, 1.82) is 0 Å². The Kier molecular flexibility index (Phi) is 5.31. The Labute approximate surface area is 156 Å². The lowest BCUT2D eigenvalue weighted by Gasteiger charge is -2.15. The van der Waals surface area contributed by atoms with Crippen LogP contribution in [0.15, 0.2) is 22.8 Å². The van der Waals surface area contributed by atoms with Crippen LogP contribution in [-0.2, 0) is 16.3 Å². The number of nitrogens with one attached hydrogen (secondary N) is 1. The topological polar surface area (TPSA) is 56.1 Å². The molecule has 0 aliphatic heterocycles. The van der Waals surface area contributed by atoms with Crippen molar-refractivity contribution >= 4 is 46.8 Å². The minimum absolute atomic E-state index is 0.303. The Morgan fingerprint density at radius 1 is 1.48 bits per heavy atom. The van der Waals surface area contributed by atoms with Crippen LogP contribution in [0.25, 0.3) is 11.0 Å². The number of ether oxygens (including phenoxy) is 1. The molecule has 1 aliphatic rings. The largest absolute Gasteiger partial charge is 0.361 e. The summed E-state index contributed by atoms with van der Waals surface area (Å²) in [6, 6.07) is 4.73. The number of amides is 1. The second-order valence-corrected chi connectivity index (χ2v) is 14.2. The van der Waals surface area contributed by atoms with Gasteiger partial charge in [0.05, 0.1) is 5.92 Å². The van der Waals surface area contributed by atoms with Crippen molar-refractivity contribution < 1.29 is 13.9 Å². The van der Waals surface area contributed by atoms with E-state index in [4.69, 9.17) is 4.74 Å². The van der Waals surface area contributed by atoms with Gasteiger partial charge in [-0.2, -0.15) is 0 Å². The molecule has 2 atom stereocenters. The first-order valence-corrected chi connectivity index (χ1v) is 12.9. The van der Waals surface area contributed by atoms with Crippen LogP contribution in [-0.4, -0.2) is 36.3 Å². The highest BCUT2D eigenvalue weighted by Gasteiger charge is 2.43. The van der Waals surface area contributed by atoms with Gasteiger partial charge in [-0.1, -0.05) is 19.6 Å². The predicted molar refractivity (Wildman–Crippen MR) is 103 cm³/mol. The van der Waals surface area contributed by atoms with Gasteiger partial charge in [0.2, 0.25) is 5.91 Å². The van der Waals surface area contributed by atoms with Gasteiger partial charge in [-0.25, -0.2) is 9.37 Å². The molecular formula is C17H23BrFN3O2Si. The lowest BCUT2D eigenvalue weighted by molar-refractivity contribution is -0.117. The number of hydrogen-bond donors (Lipinski definition) is 1. The molecule has 0 radical (unpaired) electrons. The standard InChI is InChI=1S/C17H23BrFN3O2Si/c1-25(2,3)7-6-24-10-22-9-13(18)11-4-5-15(20-16(11)22)21-17(23)12-8-14(12)19/h4-5,9,12,14H,6-8,10H2,1-3H3,(H,20,21,23). The first-order chi connectivity index (χ1) is 11.7. The average Bonchev–Trinajstić information content (AvgIpc) is 3.18. The van der Waals surface area contributed by atoms with E-state index in [1.54, 1.807) is 6.07 Å². The van der Waals surface area contributed by atoms with Crippen LogP contribution in [0.2, 0.25) is 25.7 Å². The molecule has 1 amide bonds. The highest BCUT2D eigenvalue weighted by molar-refractivity contribution is 9.10. The molecule has 1 aliphatic carbocycles. The molecule has 2 aromatic rings. The van der Waals surface area contributed by atoms with Gasteiger partial charge >= 0.3 is 0 Å². The smallest absolute Gasteiger partial charge is 0.231 e. The summed E-state index contributed by atoms with van der Waals surface area (Å²) in [6.07, 6.45) is 1.22. The van der Waals surface area contributed by atoms with Gasteiger partial charge in [-0.05, 0) is 40.5 Å². The summed E-state index contributed by atoms with van der Waals surface area (Å²) in [5.41, 5.74) is 0.727. The number of nitrogens with zero attached hydrogens (tertiary/aromatic N) is 2. The number of halogens is 2. The molecule has 0 aromatic carbocycles. The Bertz CT molecular complexity index is 790. The fourth-order valence-corrected chi connectivity index (χ4v) is 3.80. The number of hydrogen-bond acceptors (Lipinski definition) is 3. The van der Waals surface area contributed by atoms with Crippen LogP contribution in [0.4, 0.5) is 10.2 Å². The van der Waals surface area contributed by atoms with Gasteiger partial charge < -0.3 is 14.6 Å². The lowest BCUT2D eigenvalue weighted by Crippen LogP contribution is -2.22. The fourth-order valence-electron chi connectivity index (χ4n) is 2.48.